The number of ether oxygens (including phenoxy) is 2. The number of amides is 1. The van der Waals surface area contributed by atoms with Gasteiger partial charge in [0.1, 0.15) is 0 Å². The van der Waals surface area contributed by atoms with Crippen molar-refractivity contribution in [2.75, 3.05) is 14.2 Å². The summed E-state index contributed by atoms with van der Waals surface area (Å²) in [4.78, 5) is 48.5. The van der Waals surface area contributed by atoms with Crippen LogP contribution in [0.2, 0.25) is 0 Å². The lowest BCUT2D eigenvalue weighted by molar-refractivity contribution is -0.141. The van der Waals surface area contributed by atoms with Gasteiger partial charge in [0, 0.05) is 47.0 Å². The molecule has 2 N–H and O–H groups in total. The molecule has 3 aliphatic heterocycles. The van der Waals surface area contributed by atoms with E-state index >= 15 is 0 Å². The van der Waals surface area contributed by atoms with E-state index in [1.54, 1.807) is 19.9 Å². The molecule has 0 aliphatic carbocycles. The zero-order valence-corrected chi connectivity index (χ0v) is 26.3. The number of H-pyrrole nitrogens is 1. The molecule has 0 saturated carbocycles. The molecule has 0 aromatic carbocycles. The summed E-state index contributed by atoms with van der Waals surface area (Å²) in [6.45, 7) is 11.4. The summed E-state index contributed by atoms with van der Waals surface area (Å²) in [6.07, 6.45) is 8.53. The quantitative estimate of drug-likeness (QED) is 0.277. The summed E-state index contributed by atoms with van der Waals surface area (Å²) in [5.74, 6) is -0.904. The molecule has 0 spiro atoms. The number of rotatable bonds is 9. The normalized spacial score (nSPS) is 14.2. The Kier molecular flexibility index (Phi) is 8.59. The molecule has 0 atom stereocenters. The van der Waals surface area contributed by atoms with Crippen LogP contribution in [0.25, 0.3) is 28.9 Å². The van der Waals surface area contributed by atoms with Crippen molar-refractivity contribution in [2.45, 2.75) is 53.4 Å². The highest BCUT2D eigenvalue weighted by atomic mass is 16.5. The molecule has 5 heterocycles. The summed E-state index contributed by atoms with van der Waals surface area (Å²) in [7, 11) is 2.72. The third kappa shape index (κ3) is 5.71. The van der Waals surface area contributed by atoms with Crippen molar-refractivity contribution in [1.29, 1.82) is 0 Å². The third-order valence-corrected chi connectivity index (χ3v) is 8.61. The van der Waals surface area contributed by atoms with Crippen LogP contribution in [-0.4, -0.2) is 57.3 Å². The molecule has 10 heteroatoms. The van der Waals surface area contributed by atoms with Crippen molar-refractivity contribution in [3.8, 4) is 17.1 Å². The van der Waals surface area contributed by atoms with Crippen LogP contribution in [-0.2, 0) is 36.7 Å². The second-order valence-corrected chi connectivity index (χ2v) is 11.1. The first-order valence-corrected chi connectivity index (χ1v) is 14.6. The summed E-state index contributed by atoms with van der Waals surface area (Å²) in [6, 6.07) is 4.01. The number of aromatic amines is 1. The van der Waals surface area contributed by atoms with Crippen molar-refractivity contribution in [3.63, 3.8) is 0 Å². The number of nitrogens with one attached hydrogen (secondary N) is 1. The van der Waals surface area contributed by atoms with E-state index in [1.165, 1.54) is 14.2 Å². The number of hydrogen-bond donors (Lipinski definition) is 2. The van der Waals surface area contributed by atoms with E-state index < -0.39 is 0 Å². The van der Waals surface area contributed by atoms with Crippen LogP contribution >= 0.6 is 0 Å². The molecule has 5 rings (SSSR count). The predicted octanol–water partition coefficient (Wildman–Crippen LogP) is 3.70. The highest BCUT2D eigenvalue weighted by molar-refractivity contribution is 6.32. The number of aliphatic imine (C=N–C) groups is 1. The largest absolute Gasteiger partial charge is 0.494 e. The number of carbonyl (C=O) groups excluding carboxylic acids is 3. The lowest BCUT2D eigenvalue weighted by Crippen LogP contribution is -2.16. The number of allylic oxidation sites excluding steroid dienone is 2. The van der Waals surface area contributed by atoms with Gasteiger partial charge in [-0.1, -0.05) is 12.7 Å². The number of nitrogens with zero attached hydrogens (tertiary/aromatic N) is 3. The molecule has 0 bridgehead atoms. The molecular weight excluding hydrogens is 572 g/mol. The number of aromatic hydroxyl groups is 1. The number of aryl methyl sites for hydroxylation is 1. The summed E-state index contributed by atoms with van der Waals surface area (Å²) < 4.78 is 11.8. The van der Waals surface area contributed by atoms with Crippen LogP contribution in [0.5, 0.6) is 5.88 Å². The smallest absolute Gasteiger partial charge is 0.305 e. The molecule has 0 fully saturated rings. The van der Waals surface area contributed by atoms with Gasteiger partial charge < -0.3 is 24.0 Å². The first kappa shape index (κ1) is 31.2. The topological polar surface area (TPSA) is 135 Å². The Hall–Kier alpha value is -5.25. The SMILES string of the molecule is C=CC1=C(C)C(=O)N=C1/C=c1\nc2cc3c(C)c(CCC(=O)OC)/c(=C/c4[nH]c(O)c(C)c4CCC(=O)OC)n3ccc-2c1C. The highest BCUT2D eigenvalue weighted by Crippen LogP contribution is 2.28. The first-order valence-electron chi connectivity index (χ1n) is 14.6. The van der Waals surface area contributed by atoms with Gasteiger partial charge in [-0.25, -0.2) is 9.98 Å². The Bertz CT molecular complexity index is 2060. The van der Waals surface area contributed by atoms with E-state index in [1.807, 2.05) is 48.7 Å². The molecule has 2 aromatic rings. The molecule has 0 saturated heterocycles. The van der Waals surface area contributed by atoms with Gasteiger partial charge in [0.2, 0.25) is 0 Å². The Morgan fingerprint density at radius 1 is 1.00 bits per heavy atom. The van der Waals surface area contributed by atoms with Gasteiger partial charge >= 0.3 is 11.9 Å². The van der Waals surface area contributed by atoms with Crippen LogP contribution < -0.4 is 10.7 Å². The van der Waals surface area contributed by atoms with Crippen molar-refractivity contribution in [1.82, 2.24) is 14.4 Å². The van der Waals surface area contributed by atoms with E-state index in [2.05, 4.69) is 16.6 Å². The molecule has 2 aromatic heterocycles. The predicted molar refractivity (Wildman–Crippen MR) is 172 cm³/mol. The summed E-state index contributed by atoms with van der Waals surface area (Å²) in [5.41, 5.74) is 9.36. The Labute approximate surface area is 260 Å². The van der Waals surface area contributed by atoms with Gasteiger partial charge in [0.25, 0.3) is 5.91 Å². The van der Waals surface area contributed by atoms with E-state index in [9.17, 15) is 19.5 Å². The second kappa shape index (κ2) is 12.4. The van der Waals surface area contributed by atoms with E-state index in [4.69, 9.17) is 14.5 Å². The Morgan fingerprint density at radius 3 is 2.31 bits per heavy atom. The molecule has 45 heavy (non-hydrogen) atoms. The van der Waals surface area contributed by atoms with Crippen molar-refractivity contribution in [3.05, 3.63) is 86.3 Å². The van der Waals surface area contributed by atoms with Gasteiger partial charge in [-0.15, -0.1) is 0 Å². The molecule has 1 amide bonds. The minimum atomic E-state index is -0.340. The Balaban J connectivity index is 1.73. The lowest BCUT2D eigenvalue weighted by atomic mass is 10.0. The fraction of sp³-hybridized carbons (Fsp3) is 0.286. The van der Waals surface area contributed by atoms with Crippen molar-refractivity contribution in [2.24, 2.45) is 4.99 Å². The fourth-order valence-corrected chi connectivity index (χ4v) is 5.90. The summed E-state index contributed by atoms with van der Waals surface area (Å²) >= 11 is 0. The number of esters is 2. The number of fused-ring (bicyclic) bond motifs is 2. The maximum absolute atomic E-state index is 12.2. The van der Waals surface area contributed by atoms with E-state index in [0.717, 1.165) is 44.4 Å². The molecule has 10 nitrogen and oxygen atoms in total. The summed E-state index contributed by atoms with van der Waals surface area (Å²) in [5, 5.41) is 12.1. The van der Waals surface area contributed by atoms with E-state index in [-0.39, 0.29) is 36.6 Å². The number of aromatic nitrogens is 3. The second-order valence-electron chi connectivity index (χ2n) is 11.1. The fourth-order valence-electron chi connectivity index (χ4n) is 5.90. The lowest BCUT2D eigenvalue weighted by Gasteiger charge is -2.03. The molecule has 0 radical (unpaired) electrons. The van der Waals surface area contributed by atoms with Crippen LogP contribution in [0, 0.1) is 20.8 Å². The van der Waals surface area contributed by atoms with Gasteiger partial charge in [0.05, 0.1) is 41.8 Å². The maximum atomic E-state index is 12.2. The monoisotopic (exact) mass is 608 g/mol. The van der Waals surface area contributed by atoms with Crippen LogP contribution in [0.15, 0.2) is 47.1 Å². The molecule has 3 aliphatic rings. The average Bonchev–Trinajstić information content (AvgIpc) is 3.59. The van der Waals surface area contributed by atoms with Crippen molar-refractivity contribution < 1.29 is 29.0 Å². The van der Waals surface area contributed by atoms with E-state index in [0.29, 0.717) is 46.3 Å². The molecule has 0 unspecified atom stereocenters. The van der Waals surface area contributed by atoms with Gasteiger partial charge in [-0.3, -0.25) is 14.4 Å². The van der Waals surface area contributed by atoms with Crippen molar-refractivity contribution >= 4 is 41.2 Å². The van der Waals surface area contributed by atoms with Crippen LogP contribution in [0.3, 0.4) is 0 Å². The Morgan fingerprint density at radius 2 is 1.67 bits per heavy atom. The standard InChI is InChI=1S/C35H36N4O6/c1-8-22-20(4)34(42)37-27(22)15-26-18(2)24-13-14-39-30(16-28(24)36-26)19(3)25(10-12-33(41)45-7)31(39)17-29-23(9-11-32(40)44-6)21(5)35(43)38-29/h8,13-17,38,43H,1,9-12H2,2-7H3/b26-15-,31-17-. The number of methoxy groups -OCH3 is 2. The molecule has 232 valence electrons. The van der Waals surface area contributed by atoms with Crippen LogP contribution in [0.4, 0.5) is 0 Å². The average molecular weight is 609 g/mol. The third-order valence-electron chi connectivity index (χ3n) is 8.61. The van der Waals surface area contributed by atoms with Gasteiger partial charge in [-0.2, -0.15) is 0 Å². The molecular formula is C35H36N4O6. The minimum absolute atomic E-state index is 0.0286. The number of hydrogen-bond acceptors (Lipinski definition) is 7. The van der Waals surface area contributed by atoms with Crippen LogP contribution in [0.1, 0.15) is 53.3 Å². The van der Waals surface area contributed by atoms with Gasteiger partial charge in [0.15, 0.2) is 5.88 Å². The van der Waals surface area contributed by atoms with Gasteiger partial charge in [-0.05, 0) is 87.1 Å². The first-order chi connectivity index (χ1) is 21.5. The minimum Gasteiger partial charge on any atom is -0.494 e. The number of carbonyl (C=O) groups is 3. The highest BCUT2D eigenvalue weighted by Gasteiger charge is 2.22. The zero-order valence-electron chi connectivity index (χ0n) is 26.3. The zero-order chi connectivity index (χ0) is 32.6. The maximum Gasteiger partial charge on any atom is 0.305 e.